The zero-order chi connectivity index (χ0) is 46.1. The summed E-state index contributed by atoms with van der Waals surface area (Å²) < 4.78 is 64.5. The summed E-state index contributed by atoms with van der Waals surface area (Å²) >= 11 is 0. The second-order valence-electron chi connectivity index (χ2n) is 13.3. The van der Waals surface area contributed by atoms with Crippen molar-refractivity contribution in [2.75, 3.05) is 10.5 Å². The molecule has 0 heterocycles. The molecule has 26 heteroatoms. The van der Waals surface area contributed by atoms with E-state index >= 15 is 0 Å². The molecule has 0 saturated carbocycles. The Bertz CT molecular complexity index is 2840. The molecule has 4 aliphatic carbocycles. The Morgan fingerprint density at radius 3 is 1.21 bits per heavy atom. The number of anilines is 2. The molecule has 0 bridgehead atoms. The molecule has 0 saturated heterocycles. The molecule has 0 aromatic heterocycles. The van der Waals surface area contributed by atoms with Crippen molar-refractivity contribution in [1.29, 1.82) is 0 Å². The minimum atomic E-state index is -4.75. The number of azo groups is 2. The Morgan fingerprint density at radius 1 is 0.515 bits per heavy atom. The van der Waals surface area contributed by atoms with Gasteiger partial charge in [-0.1, -0.05) is 12.2 Å². The number of ketones is 2. The van der Waals surface area contributed by atoms with Gasteiger partial charge in [0, 0.05) is 40.1 Å². The fraction of sp³-hybridized carbons (Fsp3) is 0. The van der Waals surface area contributed by atoms with Crippen LogP contribution >= 0.6 is 0 Å². The average Bonchev–Trinajstić information content (AvgIpc) is 3.25. The molecule has 7 rings (SSSR count). The molecule has 66 heavy (non-hydrogen) atoms. The van der Waals surface area contributed by atoms with Crippen molar-refractivity contribution in [2.24, 2.45) is 30.4 Å². The van der Waals surface area contributed by atoms with Gasteiger partial charge in [0.2, 0.25) is 11.6 Å². The van der Waals surface area contributed by atoms with Crippen LogP contribution in [0.4, 0.5) is 22.7 Å². The second kappa shape index (κ2) is 20.9. The van der Waals surface area contributed by atoms with Gasteiger partial charge in [-0.15, -0.1) is 15.5 Å². The third-order valence-corrected chi connectivity index (χ3v) is 10.9. The number of carbonyl (C=O) groups excluding carboxylic acids is 4. The fourth-order valence-corrected chi connectivity index (χ4v) is 7.33. The van der Waals surface area contributed by atoms with Crippen molar-refractivity contribution in [2.45, 2.75) is 0 Å². The molecule has 3 aromatic rings. The molecule has 0 aliphatic heterocycles. The molecule has 2 amide bonds. The van der Waals surface area contributed by atoms with E-state index in [-0.39, 0.29) is 132 Å². The van der Waals surface area contributed by atoms with Gasteiger partial charge in [0.15, 0.2) is 11.4 Å². The van der Waals surface area contributed by atoms with Gasteiger partial charge in [0.05, 0.1) is 28.5 Å². The van der Waals surface area contributed by atoms with E-state index in [1.807, 2.05) is 0 Å². The van der Waals surface area contributed by atoms with Crippen LogP contribution in [-0.4, -0.2) is 63.4 Å². The summed E-state index contributed by atoms with van der Waals surface area (Å²) in [6.07, 6.45) is 9.80. The van der Waals surface area contributed by atoms with Crippen LogP contribution in [0.1, 0.15) is 20.7 Å². The Hall–Kier alpha value is -5.62. The van der Waals surface area contributed by atoms with E-state index in [0.29, 0.717) is 0 Å². The summed E-state index contributed by atoms with van der Waals surface area (Å²) in [6, 6.07) is 14.9. The summed E-state index contributed by atoms with van der Waals surface area (Å²) in [5, 5.41) is 54.6. The molecule has 6 N–H and O–H groups in total. The van der Waals surface area contributed by atoms with E-state index in [4.69, 9.17) is 10.4 Å². The van der Waals surface area contributed by atoms with E-state index in [2.05, 4.69) is 30.4 Å². The monoisotopic (exact) mass is 952 g/mol. The number of amides is 2. The predicted octanol–water partition coefficient (Wildman–Crippen LogP) is 1.14. The molecule has 4 aliphatic rings. The van der Waals surface area contributed by atoms with E-state index in [0.717, 1.165) is 24.3 Å². The molecule has 0 fully saturated rings. The van der Waals surface area contributed by atoms with Crippen LogP contribution in [-0.2, 0) is 39.0 Å². The molecule has 0 unspecified atom stereocenters. The van der Waals surface area contributed by atoms with Gasteiger partial charge in [-0.05, 0) is 117 Å². The van der Waals surface area contributed by atoms with Gasteiger partial charge >= 0.3 is 80.1 Å². The minimum absolute atomic E-state index is 0. The van der Waals surface area contributed by atoms with E-state index in [9.17, 15) is 56.2 Å². The van der Waals surface area contributed by atoms with Gasteiger partial charge in [-0.25, -0.2) is 9.98 Å². The first-order valence-electron chi connectivity index (χ1n) is 17.8. The Kier molecular flexibility index (Phi) is 16.3. The molecule has 0 atom stereocenters. The van der Waals surface area contributed by atoms with Crippen molar-refractivity contribution >= 4 is 78.5 Å². The maximum atomic E-state index is 13.5. The van der Waals surface area contributed by atoms with Gasteiger partial charge < -0.3 is 15.6 Å². The standard InChI is InChI=1S/C40H26N8O14S2.2Na/c49-37-31-19-27(7-5-23(31)17-33(63(57,58)59)35(37)45-43-25-9-13-29(14-10-25)47(53)54)41-39(51)21-1-2-22(4-3-21)40(52)42-28-8-6-24-18-34(64(60,61)62)36(38(50)32(24)20-28)46-44-26-11-15-30(16-12-26)48(55)56;;/h1-20,53-54H,(H2,57,58,59)(H2,60,61,62);;/q;2*+1. The number of nitrogens with zero attached hydrogens (tertiary/aromatic N) is 8. The summed E-state index contributed by atoms with van der Waals surface area (Å²) in [5.41, 5.74) is -1.59. The number of rotatable bonds is 10. The maximum Gasteiger partial charge on any atom is 1.00 e. The van der Waals surface area contributed by atoms with Crippen LogP contribution in [0.25, 0.3) is 0 Å². The number of allylic oxidation sites excluding steroid dienone is 12. The topological polar surface area (TPSA) is 351 Å². The van der Waals surface area contributed by atoms with Crippen LogP contribution < -0.4 is 69.6 Å². The molecule has 22 nitrogen and oxygen atoms in total. The Labute approximate surface area is 417 Å². The molecular formula is C40H26N8Na2O14S2+2. The first kappa shape index (κ1) is 51.4. The largest absolute Gasteiger partial charge is 1.00 e. The van der Waals surface area contributed by atoms with Crippen LogP contribution in [0.15, 0.2) is 195 Å². The number of fused-ring (bicyclic) bond motifs is 2. The zero-order valence-corrected chi connectivity index (χ0v) is 39.5. The van der Waals surface area contributed by atoms with E-state index < -0.39 is 70.8 Å². The first-order valence-corrected chi connectivity index (χ1v) is 20.7. The van der Waals surface area contributed by atoms with Crippen molar-refractivity contribution in [3.63, 3.8) is 0 Å². The second-order valence-corrected chi connectivity index (χ2v) is 16.2. The number of hydrogen-bond acceptors (Lipinski definition) is 16. The first-order chi connectivity index (χ1) is 30.3. The van der Waals surface area contributed by atoms with Crippen molar-refractivity contribution in [3.8, 4) is 0 Å². The molecule has 322 valence electrons. The van der Waals surface area contributed by atoms with Gasteiger partial charge in [-0.3, -0.25) is 29.6 Å². The van der Waals surface area contributed by atoms with Crippen LogP contribution in [0.2, 0.25) is 0 Å². The molecule has 0 spiro atoms. The quantitative estimate of drug-likeness (QED) is 0.0718. The number of benzene rings is 3. The SMILES string of the molecule is O=C1C2=CC(=NC(=O)c3ccc(C(=O)N=C4C=CC5=CC([S+](=O)(O)O)=C(N=Nc6ccc(N(O)O)cc6)C(=O)C5=C4)cc3)C=CC2=CC([S+](=O)(O)O)=C1N=Nc1ccc(N([O-])[O-])cc1.[Na+].[Na+]. The predicted molar refractivity (Wildman–Crippen MR) is 228 cm³/mol. The van der Waals surface area contributed by atoms with Crippen molar-refractivity contribution in [3.05, 3.63) is 186 Å². The van der Waals surface area contributed by atoms with Crippen molar-refractivity contribution in [1.82, 2.24) is 0 Å². The van der Waals surface area contributed by atoms with E-state index in [1.165, 1.54) is 97.1 Å². The van der Waals surface area contributed by atoms with Crippen LogP contribution in [0, 0.1) is 10.4 Å². The van der Waals surface area contributed by atoms with Crippen LogP contribution in [0.5, 0.6) is 0 Å². The fourth-order valence-electron chi connectivity index (χ4n) is 5.99. The van der Waals surface area contributed by atoms with Gasteiger partial charge in [-0.2, -0.15) is 28.4 Å². The summed E-state index contributed by atoms with van der Waals surface area (Å²) in [5.74, 6) is -3.49. The summed E-state index contributed by atoms with van der Waals surface area (Å²) in [6.45, 7) is 0. The number of carbonyl (C=O) groups is 4. The smallest absolute Gasteiger partial charge is 0.769 e. The number of hydrogen-bond donors (Lipinski definition) is 6. The van der Waals surface area contributed by atoms with Crippen LogP contribution in [0.3, 0.4) is 0 Å². The Balaban J connectivity index is 0.00000408. The molecular weight excluding hydrogens is 927 g/mol. The normalized spacial score (nSPS) is 17.2. The number of aliphatic imine (C=N–C) groups is 2. The molecule has 3 aromatic carbocycles. The summed E-state index contributed by atoms with van der Waals surface area (Å²) in [4.78, 5) is 60.0. The van der Waals surface area contributed by atoms with E-state index in [1.54, 1.807) is 0 Å². The van der Waals surface area contributed by atoms with Gasteiger partial charge in [0.1, 0.15) is 0 Å². The average molecular weight is 953 g/mol. The maximum absolute atomic E-state index is 13.5. The Morgan fingerprint density at radius 2 is 0.879 bits per heavy atom. The summed E-state index contributed by atoms with van der Waals surface area (Å²) in [7, 11) is -9.48. The van der Waals surface area contributed by atoms with Crippen molar-refractivity contribution < 1.29 is 115 Å². The minimum Gasteiger partial charge on any atom is -0.769 e. The third kappa shape index (κ3) is 11.7. The molecule has 0 radical (unpaired) electrons. The zero-order valence-electron chi connectivity index (χ0n) is 33.9. The number of Topliss-reactive ketones (excluding diaryl/α,β-unsaturated/α-hetero) is 2. The van der Waals surface area contributed by atoms with Gasteiger partial charge in [0.25, 0.3) is 21.6 Å². The third-order valence-electron chi connectivity index (χ3n) is 9.12.